The Morgan fingerprint density at radius 1 is 1.32 bits per heavy atom. The van der Waals surface area contributed by atoms with Crippen LogP contribution in [-0.2, 0) is 4.79 Å². The van der Waals surface area contributed by atoms with E-state index >= 15 is 0 Å². The zero-order valence-electron chi connectivity index (χ0n) is 13.3. The predicted molar refractivity (Wildman–Crippen MR) is 84.1 cm³/mol. The zero-order valence-corrected chi connectivity index (χ0v) is 13.3. The molecule has 0 aliphatic carbocycles. The van der Waals surface area contributed by atoms with Crippen LogP contribution in [-0.4, -0.2) is 33.9 Å². The van der Waals surface area contributed by atoms with Gasteiger partial charge in [0.1, 0.15) is 11.6 Å². The molecule has 2 aromatic rings. The molecule has 118 valence electrons. The van der Waals surface area contributed by atoms with E-state index in [-0.39, 0.29) is 17.1 Å². The Morgan fingerprint density at radius 3 is 2.64 bits per heavy atom. The lowest BCUT2D eigenvalue weighted by Crippen LogP contribution is -2.43. The SMILES string of the molecule is CC(C)(C)C(=O)N1CCC(c2nc3ccc(F)cc3[nH]2)CC1. The van der Waals surface area contributed by atoms with Gasteiger partial charge in [-0.1, -0.05) is 20.8 Å². The van der Waals surface area contributed by atoms with Crippen LogP contribution in [0.3, 0.4) is 0 Å². The fourth-order valence-electron chi connectivity index (χ4n) is 3.03. The van der Waals surface area contributed by atoms with Gasteiger partial charge in [0.15, 0.2) is 0 Å². The Balaban J connectivity index is 1.71. The standard InChI is InChI=1S/C17H22FN3O/c1-17(2,3)16(22)21-8-6-11(7-9-21)15-19-13-5-4-12(18)10-14(13)20-15/h4-5,10-11H,6-9H2,1-3H3,(H,19,20). The maximum Gasteiger partial charge on any atom is 0.227 e. The van der Waals surface area contributed by atoms with Gasteiger partial charge >= 0.3 is 0 Å². The molecule has 4 nitrogen and oxygen atoms in total. The summed E-state index contributed by atoms with van der Waals surface area (Å²) in [4.78, 5) is 22.0. The van der Waals surface area contributed by atoms with Crippen molar-refractivity contribution >= 4 is 16.9 Å². The summed E-state index contributed by atoms with van der Waals surface area (Å²) in [5.41, 5.74) is 1.21. The summed E-state index contributed by atoms with van der Waals surface area (Å²) in [6, 6.07) is 4.60. The number of imidazole rings is 1. The number of hydrogen-bond donors (Lipinski definition) is 1. The largest absolute Gasteiger partial charge is 0.342 e. The first-order chi connectivity index (χ1) is 10.3. The maximum atomic E-state index is 13.2. The Hall–Kier alpha value is -1.91. The van der Waals surface area contributed by atoms with Crippen molar-refractivity contribution in [3.63, 3.8) is 0 Å². The predicted octanol–water partition coefficient (Wildman–Crippen LogP) is 3.45. The molecule has 1 aromatic heterocycles. The molecule has 0 unspecified atom stereocenters. The van der Waals surface area contributed by atoms with Gasteiger partial charge in [0.05, 0.1) is 11.0 Å². The molecule has 0 spiro atoms. The molecule has 0 atom stereocenters. The number of amides is 1. The number of carbonyl (C=O) groups is 1. The Bertz CT molecular complexity index is 693. The number of hydrogen-bond acceptors (Lipinski definition) is 2. The van der Waals surface area contributed by atoms with E-state index in [9.17, 15) is 9.18 Å². The minimum absolute atomic E-state index is 0.206. The molecule has 1 fully saturated rings. The van der Waals surface area contributed by atoms with Crippen LogP contribution in [0.4, 0.5) is 4.39 Å². The van der Waals surface area contributed by atoms with Crippen LogP contribution in [0.15, 0.2) is 18.2 Å². The van der Waals surface area contributed by atoms with Crippen molar-refractivity contribution in [2.75, 3.05) is 13.1 Å². The van der Waals surface area contributed by atoms with Gasteiger partial charge in [-0.3, -0.25) is 4.79 Å². The molecule has 1 aliphatic heterocycles. The summed E-state index contributed by atoms with van der Waals surface area (Å²) >= 11 is 0. The van der Waals surface area contributed by atoms with E-state index in [0.717, 1.165) is 42.8 Å². The molecule has 1 aromatic carbocycles. The van der Waals surface area contributed by atoms with Crippen molar-refractivity contribution in [3.8, 4) is 0 Å². The van der Waals surface area contributed by atoms with E-state index in [0.29, 0.717) is 5.92 Å². The molecule has 0 bridgehead atoms. The van der Waals surface area contributed by atoms with E-state index in [2.05, 4.69) is 9.97 Å². The number of fused-ring (bicyclic) bond motifs is 1. The van der Waals surface area contributed by atoms with E-state index in [1.54, 1.807) is 6.07 Å². The average molecular weight is 303 g/mol. The van der Waals surface area contributed by atoms with Crippen molar-refractivity contribution in [3.05, 3.63) is 29.8 Å². The zero-order chi connectivity index (χ0) is 15.9. The summed E-state index contributed by atoms with van der Waals surface area (Å²) in [5, 5.41) is 0. The van der Waals surface area contributed by atoms with E-state index in [4.69, 9.17) is 0 Å². The summed E-state index contributed by atoms with van der Waals surface area (Å²) in [5.74, 6) is 1.16. The number of benzene rings is 1. The fraction of sp³-hybridized carbons (Fsp3) is 0.529. The number of aromatic amines is 1. The van der Waals surface area contributed by atoms with Gasteiger partial charge in [-0.2, -0.15) is 0 Å². The molecule has 1 aliphatic rings. The van der Waals surface area contributed by atoms with Crippen LogP contribution in [0, 0.1) is 11.2 Å². The lowest BCUT2D eigenvalue weighted by molar-refractivity contribution is -0.140. The highest BCUT2D eigenvalue weighted by Crippen LogP contribution is 2.30. The van der Waals surface area contributed by atoms with Crippen LogP contribution in [0.2, 0.25) is 0 Å². The van der Waals surface area contributed by atoms with Crippen LogP contribution in [0.5, 0.6) is 0 Å². The minimum atomic E-state index is -0.330. The molecule has 2 heterocycles. The topological polar surface area (TPSA) is 49.0 Å². The van der Waals surface area contributed by atoms with Crippen molar-refractivity contribution in [2.45, 2.75) is 39.5 Å². The highest BCUT2D eigenvalue weighted by molar-refractivity contribution is 5.81. The Morgan fingerprint density at radius 2 is 2.00 bits per heavy atom. The van der Waals surface area contributed by atoms with Crippen molar-refractivity contribution in [1.29, 1.82) is 0 Å². The van der Waals surface area contributed by atoms with Gasteiger partial charge in [0.2, 0.25) is 5.91 Å². The monoisotopic (exact) mass is 303 g/mol. The van der Waals surface area contributed by atoms with Gasteiger partial charge < -0.3 is 9.88 Å². The highest BCUT2D eigenvalue weighted by atomic mass is 19.1. The molecule has 0 saturated carbocycles. The molecule has 22 heavy (non-hydrogen) atoms. The molecule has 1 N–H and O–H groups in total. The Kier molecular flexibility index (Phi) is 3.67. The molecular formula is C17H22FN3O. The number of likely N-dealkylation sites (tertiary alicyclic amines) is 1. The summed E-state index contributed by atoms with van der Waals surface area (Å²) in [7, 11) is 0. The number of rotatable bonds is 1. The number of aromatic nitrogens is 2. The number of nitrogens with one attached hydrogen (secondary N) is 1. The number of H-pyrrole nitrogens is 1. The lowest BCUT2D eigenvalue weighted by Gasteiger charge is -2.35. The fourth-order valence-corrected chi connectivity index (χ4v) is 3.03. The quantitative estimate of drug-likeness (QED) is 0.877. The average Bonchev–Trinajstić information content (AvgIpc) is 2.88. The minimum Gasteiger partial charge on any atom is -0.342 e. The number of carbonyl (C=O) groups excluding carboxylic acids is 1. The van der Waals surface area contributed by atoms with Crippen LogP contribution >= 0.6 is 0 Å². The second-order valence-corrected chi connectivity index (χ2v) is 7.10. The van der Waals surface area contributed by atoms with Crippen molar-refractivity contribution in [1.82, 2.24) is 14.9 Å². The molecular weight excluding hydrogens is 281 g/mol. The highest BCUT2D eigenvalue weighted by Gasteiger charge is 2.31. The van der Waals surface area contributed by atoms with Gasteiger partial charge in [0, 0.05) is 24.4 Å². The first kappa shape index (κ1) is 15.0. The van der Waals surface area contributed by atoms with Gasteiger partial charge in [-0.15, -0.1) is 0 Å². The summed E-state index contributed by atoms with van der Waals surface area (Å²) < 4.78 is 13.2. The third-order valence-corrected chi connectivity index (χ3v) is 4.27. The lowest BCUT2D eigenvalue weighted by atomic mass is 9.91. The van der Waals surface area contributed by atoms with Gasteiger partial charge in [-0.25, -0.2) is 9.37 Å². The molecule has 1 saturated heterocycles. The van der Waals surface area contributed by atoms with E-state index in [1.807, 2.05) is 25.7 Å². The second kappa shape index (κ2) is 5.38. The van der Waals surface area contributed by atoms with Crippen LogP contribution in [0.25, 0.3) is 11.0 Å². The first-order valence-corrected chi connectivity index (χ1v) is 7.79. The second-order valence-electron chi connectivity index (χ2n) is 7.10. The molecule has 3 rings (SSSR count). The third-order valence-electron chi connectivity index (χ3n) is 4.27. The van der Waals surface area contributed by atoms with Crippen molar-refractivity contribution < 1.29 is 9.18 Å². The number of piperidine rings is 1. The van der Waals surface area contributed by atoms with Gasteiger partial charge in [0.25, 0.3) is 0 Å². The number of nitrogens with zero attached hydrogens (tertiary/aromatic N) is 2. The van der Waals surface area contributed by atoms with Crippen molar-refractivity contribution in [2.24, 2.45) is 5.41 Å². The van der Waals surface area contributed by atoms with Crippen LogP contribution < -0.4 is 0 Å². The van der Waals surface area contributed by atoms with E-state index < -0.39 is 0 Å². The Labute approximate surface area is 129 Å². The third kappa shape index (κ3) is 2.85. The van der Waals surface area contributed by atoms with E-state index in [1.165, 1.54) is 12.1 Å². The molecule has 5 heteroatoms. The summed E-state index contributed by atoms with van der Waals surface area (Å²) in [6.07, 6.45) is 1.79. The van der Waals surface area contributed by atoms with Crippen LogP contribution in [0.1, 0.15) is 45.4 Å². The first-order valence-electron chi connectivity index (χ1n) is 7.79. The molecule has 1 amide bonds. The smallest absolute Gasteiger partial charge is 0.227 e. The number of halogens is 1. The normalized spacial score (nSPS) is 17.2. The summed E-state index contributed by atoms with van der Waals surface area (Å²) in [6.45, 7) is 7.37. The molecule has 0 radical (unpaired) electrons. The maximum absolute atomic E-state index is 13.2. The van der Waals surface area contributed by atoms with Gasteiger partial charge in [-0.05, 0) is 31.0 Å².